The van der Waals surface area contributed by atoms with E-state index in [1.54, 1.807) is 13.0 Å². The molecule has 1 aliphatic rings. The van der Waals surface area contributed by atoms with Gasteiger partial charge in [-0.25, -0.2) is 4.39 Å². The van der Waals surface area contributed by atoms with E-state index < -0.39 is 5.82 Å². The average molecular weight is 247 g/mol. The van der Waals surface area contributed by atoms with E-state index in [4.69, 9.17) is 10.3 Å². The summed E-state index contributed by atoms with van der Waals surface area (Å²) in [5, 5.41) is 6.07. The summed E-state index contributed by atoms with van der Waals surface area (Å²) in [4.78, 5) is 11.5. The third-order valence-electron chi connectivity index (χ3n) is 3.14. The Morgan fingerprint density at radius 3 is 2.94 bits per heavy atom. The summed E-state index contributed by atoms with van der Waals surface area (Å²) in [7, 11) is 0. The third-order valence-corrected chi connectivity index (χ3v) is 3.14. The molecular weight excluding hydrogens is 237 g/mol. The lowest BCUT2D eigenvalue weighted by molar-refractivity contribution is -0.116. The van der Waals surface area contributed by atoms with Crippen LogP contribution in [0.1, 0.15) is 18.4 Å². The maximum Gasteiger partial charge on any atom is 0.231 e. The van der Waals surface area contributed by atoms with Crippen molar-refractivity contribution in [2.45, 2.75) is 12.8 Å². The van der Waals surface area contributed by atoms with Crippen LogP contribution in [0, 0.1) is 5.82 Å². The number of hydrogen-bond donors (Lipinski definition) is 2. The predicted octanol–water partition coefficient (Wildman–Crippen LogP) is 2.12. The molecule has 0 aliphatic carbocycles. The second-order valence-corrected chi connectivity index (χ2v) is 4.24. The van der Waals surface area contributed by atoms with Gasteiger partial charge in [-0.2, -0.15) is 0 Å². The molecule has 5 nitrogen and oxygen atoms in total. The van der Waals surface area contributed by atoms with E-state index in [1.807, 2.05) is 0 Å². The quantitative estimate of drug-likeness (QED) is 0.808. The van der Waals surface area contributed by atoms with E-state index in [2.05, 4.69) is 10.5 Å². The molecule has 18 heavy (non-hydrogen) atoms. The van der Waals surface area contributed by atoms with E-state index in [9.17, 15) is 9.18 Å². The first-order chi connectivity index (χ1) is 8.58. The second kappa shape index (κ2) is 3.56. The number of nitrogens with two attached hydrogens (primary N) is 1. The van der Waals surface area contributed by atoms with Gasteiger partial charge in [-0.05, 0) is 30.2 Å². The summed E-state index contributed by atoms with van der Waals surface area (Å²) in [5.74, 6) is -0.949. The van der Waals surface area contributed by atoms with Gasteiger partial charge in [0.05, 0.1) is 23.4 Å². The standard InChI is InChI=1S/C12H10FN3O2/c1-5-7-2-6(8-4-15-18-11(8)14)3-9(13)10(7)16-12(5)17/h2-5H,14H2,1H3,(H,16,17). The Labute approximate surface area is 102 Å². The first-order valence-electron chi connectivity index (χ1n) is 5.42. The fraction of sp³-hybridized carbons (Fsp3) is 0.167. The number of benzene rings is 1. The van der Waals surface area contributed by atoms with Crippen LogP contribution in [0.3, 0.4) is 0 Å². The van der Waals surface area contributed by atoms with Gasteiger partial charge in [-0.1, -0.05) is 5.16 Å². The second-order valence-electron chi connectivity index (χ2n) is 4.24. The smallest absolute Gasteiger partial charge is 0.231 e. The highest BCUT2D eigenvalue weighted by Gasteiger charge is 2.30. The number of nitrogens with zero attached hydrogens (tertiary/aromatic N) is 1. The zero-order chi connectivity index (χ0) is 12.9. The number of carbonyl (C=O) groups is 1. The minimum atomic E-state index is -0.485. The number of aromatic nitrogens is 1. The third kappa shape index (κ3) is 1.38. The molecule has 0 saturated carbocycles. The van der Waals surface area contributed by atoms with Crippen molar-refractivity contribution in [1.82, 2.24) is 5.16 Å². The zero-order valence-corrected chi connectivity index (χ0v) is 9.53. The van der Waals surface area contributed by atoms with Gasteiger partial charge in [0.2, 0.25) is 11.8 Å². The first-order valence-corrected chi connectivity index (χ1v) is 5.42. The van der Waals surface area contributed by atoms with Crippen molar-refractivity contribution >= 4 is 17.5 Å². The number of amides is 1. The summed E-state index contributed by atoms with van der Waals surface area (Å²) in [6, 6.07) is 3.03. The molecular formula is C12H10FN3O2. The maximum atomic E-state index is 13.9. The van der Waals surface area contributed by atoms with E-state index in [0.717, 1.165) is 0 Å². The molecule has 0 bridgehead atoms. The van der Waals surface area contributed by atoms with Crippen molar-refractivity contribution < 1.29 is 13.7 Å². The van der Waals surface area contributed by atoms with Crippen molar-refractivity contribution in [2.24, 2.45) is 0 Å². The maximum absolute atomic E-state index is 13.9. The fourth-order valence-corrected chi connectivity index (χ4v) is 2.09. The van der Waals surface area contributed by atoms with Gasteiger partial charge in [-0.15, -0.1) is 0 Å². The number of halogens is 1. The number of nitrogen functional groups attached to an aromatic ring is 1. The molecule has 1 amide bonds. The number of fused-ring (bicyclic) bond motifs is 1. The van der Waals surface area contributed by atoms with Crippen LogP contribution < -0.4 is 11.1 Å². The molecule has 1 aromatic heterocycles. The van der Waals surface area contributed by atoms with Crippen LogP contribution in [0.2, 0.25) is 0 Å². The van der Waals surface area contributed by atoms with Gasteiger partial charge in [0.25, 0.3) is 0 Å². The van der Waals surface area contributed by atoms with Crippen molar-refractivity contribution in [3.05, 3.63) is 29.7 Å². The summed E-state index contributed by atoms with van der Waals surface area (Å²) >= 11 is 0. The number of carbonyl (C=O) groups excluding carboxylic acids is 1. The van der Waals surface area contributed by atoms with Crippen molar-refractivity contribution in [3.63, 3.8) is 0 Å². The molecule has 0 saturated heterocycles. The van der Waals surface area contributed by atoms with Crippen molar-refractivity contribution in [3.8, 4) is 11.1 Å². The molecule has 0 radical (unpaired) electrons. The Hall–Kier alpha value is -2.37. The summed E-state index contributed by atoms with van der Waals surface area (Å²) in [6.45, 7) is 1.72. The molecule has 2 aromatic rings. The minimum Gasteiger partial charge on any atom is -0.367 e. The van der Waals surface area contributed by atoms with Crippen molar-refractivity contribution in [2.75, 3.05) is 11.1 Å². The van der Waals surface area contributed by atoms with Crippen LogP contribution in [0.4, 0.5) is 16.0 Å². The Bertz CT molecular complexity index is 651. The summed E-state index contributed by atoms with van der Waals surface area (Å²) < 4.78 is 18.7. The molecule has 0 spiro atoms. The summed E-state index contributed by atoms with van der Waals surface area (Å²) in [6.07, 6.45) is 1.42. The fourth-order valence-electron chi connectivity index (χ4n) is 2.09. The SMILES string of the molecule is CC1C(=O)Nc2c(F)cc(-c3cnoc3N)cc21. The molecule has 3 rings (SSSR count). The lowest BCUT2D eigenvalue weighted by atomic mass is 9.98. The Morgan fingerprint density at radius 1 is 1.50 bits per heavy atom. The molecule has 2 heterocycles. The lowest BCUT2D eigenvalue weighted by Gasteiger charge is -2.06. The number of hydrogen-bond acceptors (Lipinski definition) is 4. The Balaban J connectivity index is 2.19. The van der Waals surface area contributed by atoms with Gasteiger partial charge in [0.1, 0.15) is 5.82 Å². The van der Waals surface area contributed by atoms with Crippen LogP contribution in [-0.4, -0.2) is 11.1 Å². The molecule has 1 aromatic carbocycles. The van der Waals surface area contributed by atoms with Gasteiger partial charge in [-0.3, -0.25) is 4.79 Å². The number of rotatable bonds is 1. The molecule has 1 aliphatic heterocycles. The molecule has 0 fully saturated rings. The number of nitrogens with one attached hydrogen (secondary N) is 1. The van der Waals surface area contributed by atoms with Gasteiger partial charge < -0.3 is 15.6 Å². The minimum absolute atomic E-state index is 0.124. The highest BCUT2D eigenvalue weighted by Crippen LogP contribution is 2.38. The number of anilines is 2. The normalized spacial score (nSPS) is 17.7. The van der Waals surface area contributed by atoms with E-state index in [0.29, 0.717) is 16.7 Å². The van der Waals surface area contributed by atoms with E-state index in [1.165, 1.54) is 12.3 Å². The topological polar surface area (TPSA) is 81.2 Å². The molecule has 92 valence electrons. The summed E-state index contributed by atoms with van der Waals surface area (Å²) in [5.41, 5.74) is 7.52. The van der Waals surface area contributed by atoms with Crippen LogP contribution >= 0.6 is 0 Å². The van der Waals surface area contributed by atoms with Crippen LogP contribution in [0.25, 0.3) is 11.1 Å². The van der Waals surface area contributed by atoms with Gasteiger partial charge >= 0.3 is 0 Å². The molecule has 1 unspecified atom stereocenters. The molecule has 6 heteroatoms. The van der Waals surface area contributed by atoms with Gasteiger partial charge in [0.15, 0.2) is 0 Å². The van der Waals surface area contributed by atoms with Crippen LogP contribution in [0.5, 0.6) is 0 Å². The first kappa shape index (κ1) is 10.8. The lowest BCUT2D eigenvalue weighted by Crippen LogP contribution is -2.08. The van der Waals surface area contributed by atoms with Gasteiger partial charge in [0, 0.05) is 0 Å². The zero-order valence-electron chi connectivity index (χ0n) is 9.53. The van der Waals surface area contributed by atoms with Crippen LogP contribution in [0.15, 0.2) is 22.9 Å². The van der Waals surface area contributed by atoms with Crippen molar-refractivity contribution in [1.29, 1.82) is 0 Å². The molecule has 3 N–H and O–H groups in total. The van der Waals surface area contributed by atoms with E-state index >= 15 is 0 Å². The van der Waals surface area contributed by atoms with Crippen LogP contribution in [-0.2, 0) is 4.79 Å². The van der Waals surface area contributed by atoms with E-state index in [-0.39, 0.29) is 23.4 Å². The predicted molar refractivity (Wildman–Crippen MR) is 63.4 cm³/mol. The highest BCUT2D eigenvalue weighted by molar-refractivity contribution is 6.03. The highest BCUT2D eigenvalue weighted by atomic mass is 19.1. The molecule has 1 atom stereocenters. The Morgan fingerprint density at radius 2 is 2.28 bits per heavy atom. The largest absolute Gasteiger partial charge is 0.367 e. The monoisotopic (exact) mass is 247 g/mol. The Kier molecular flexibility index (Phi) is 2.13. The average Bonchev–Trinajstić information content (AvgIpc) is 2.87.